The van der Waals surface area contributed by atoms with Gasteiger partial charge in [-0.15, -0.1) is 23.7 Å². The van der Waals surface area contributed by atoms with Crippen LogP contribution in [0.5, 0.6) is 0 Å². The fourth-order valence-corrected chi connectivity index (χ4v) is 2.03. The van der Waals surface area contributed by atoms with E-state index in [9.17, 15) is 4.79 Å². The highest BCUT2D eigenvalue weighted by atomic mass is 35.5. The molecule has 0 atom stereocenters. The molecule has 0 bridgehead atoms. The Morgan fingerprint density at radius 3 is 2.82 bits per heavy atom. The summed E-state index contributed by atoms with van der Waals surface area (Å²) >= 11 is 1.71. The summed E-state index contributed by atoms with van der Waals surface area (Å²) in [7, 11) is 1.64. The number of ether oxygens (including phenoxy) is 1. The van der Waals surface area contributed by atoms with Gasteiger partial charge in [0.25, 0.3) is 0 Å². The number of hydrogen-bond donors (Lipinski definition) is 2. The van der Waals surface area contributed by atoms with E-state index in [1.54, 1.807) is 18.4 Å². The highest BCUT2D eigenvalue weighted by molar-refractivity contribution is 7.11. The number of thiophene rings is 1. The lowest BCUT2D eigenvalue weighted by Crippen LogP contribution is -2.34. The second kappa shape index (κ2) is 9.41. The van der Waals surface area contributed by atoms with Gasteiger partial charge in [-0.2, -0.15) is 0 Å². The average Bonchev–Trinajstić information content (AvgIpc) is 2.68. The molecule has 0 saturated carbocycles. The van der Waals surface area contributed by atoms with Gasteiger partial charge in [0.1, 0.15) is 0 Å². The molecule has 0 aliphatic rings. The van der Waals surface area contributed by atoms with Crippen LogP contribution >= 0.6 is 23.7 Å². The summed E-state index contributed by atoms with van der Waals surface area (Å²) in [6.07, 6.45) is 0. The Balaban J connectivity index is 0.00000256. The number of hydrogen-bond acceptors (Lipinski definition) is 4. The van der Waals surface area contributed by atoms with Crippen LogP contribution in [0.3, 0.4) is 0 Å². The number of carbonyl (C=O) groups excluding carboxylic acids is 1. The topological polar surface area (TPSA) is 50.4 Å². The highest BCUT2D eigenvalue weighted by Crippen LogP contribution is 2.14. The molecule has 98 valence electrons. The molecule has 1 aromatic rings. The summed E-state index contributed by atoms with van der Waals surface area (Å²) in [4.78, 5) is 13.8. The molecule has 0 unspecified atom stereocenters. The Kier molecular flexibility index (Phi) is 9.07. The first-order chi connectivity index (χ1) is 7.72. The molecule has 1 heterocycles. The molecule has 0 aliphatic heterocycles. The average molecular weight is 279 g/mol. The molecule has 4 nitrogen and oxygen atoms in total. The van der Waals surface area contributed by atoms with Crippen molar-refractivity contribution in [1.29, 1.82) is 0 Å². The standard InChI is InChI=1S/C11H18N2O2S.ClH/c1-9-3-4-10(16-9)7-13-11(14)8-12-5-6-15-2;/h3-4,12H,5-8H2,1-2H3,(H,13,14);1H. The molecule has 1 amide bonds. The predicted molar refractivity (Wildman–Crippen MR) is 72.9 cm³/mol. The molecular formula is C11H19ClN2O2S. The monoisotopic (exact) mass is 278 g/mol. The molecule has 0 saturated heterocycles. The summed E-state index contributed by atoms with van der Waals surface area (Å²) < 4.78 is 4.86. The smallest absolute Gasteiger partial charge is 0.234 e. The van der Waals surface area contributed by atoms with Gasteiger partial charge in [0.15, 0.2) is 0 Å². The molecule has 0 aromatic carbocycles. The second-order valence-corrected chi connectivity index (χ2v) is 4.83. The molecule has 1 rings (SSSR count). The third-order valence-corrected chi connectivity index (χ3v) is 3.02. The maximum absolute atomic E-state index is 11.4. The Hall–Kier alpha value is -0.620. The van der Waals surface area contributed by atoms with Crippen molar-refractivity contribution in [3.63, 3.8) is 0 Å². The van der Waals surface area contributed by atoms with Crippen LogP contribution in [-0.4, -0.2) is 32.7 Å². The lowest BCUT2D eigenvalue weighted by atomic mass is 10.4. The van der Waals surface area contributed by atoms with E-state index in [2.05, 4.69) is 23.6 Å². The number of carbonyl (C=O) groups is 1. The number of rotatable bonds is 7. The second-order valence-electron chi connectivity index (χ2n) is 3.46. The molecule has 6 heteroatoms. The summed E-state index contributed by atoms with van der Waals surface area (Å²) in [6.45, 7) is 4.33. The number of aryl methyl sites for hydroxylation is 1. The van der Waals surface area contributed by atoms with E-state index in [1.165, 1.54) is 9.75 Å². The fraction of sp³-hybridized carbons (Fsp3) is 0.545. The van der Waals surface area contributed by atoms with Crippen LogP contribution in [0.15, 0.2) is 12.1 Å². The molecule has 2 N–H and O–H groups in total. The van der Waals surface area contributed by atoms with Crippen molar-refractivity contribution in [2.75, 3.05) is 26.8 Å². The lowest BCUT2D eigenvalue weighted by molar-refractivity contribution is -0.120. The maximum atomic E-state index is 11.4. The van der Waals surface area contributed by atoms with Crippen molar-refractivity contribution in [3.05, 3.63) is 21.9 Å². The minimum atomic E-state index is 0. The van der Waals surface area contributed by atoms with Crippen LogP contribution in [0.25, 0.3) is 0 Å². The Morgan fingerprint density at radius 1 is 1.47 bits per heavy atom. The predicted octanol–water partition coefficient (Wildman–Crippen LogP) is 1.33. The number of methoxy groups -OCH3 is 1. The van der Waals surface area contributed by atoms with Gasteiger partial charge in [-0.05, 0) is 19.1 Å². The maximum Gasteiger partial charge on any atom is 0.234 e. The summed E-state index contributed by atoms with van der Waals surface area (Å²) in [5, 5.41) is 5.85. The largest absolute Gasteiger partial charge is 0.383 e. The van der Waals surface area contributed by atoms with Crippen molar-refractivity contribution in [2.24, 2.45) is 0 Å². The Bertz CT molecular complexity index is 331. The fourth-order valence-electron chi connectivity index (χ4n) is 1.20. The lowest BCUT2D eigenvalue weighted by Gasteiger charge is -2.05. The van der Waals surface area contributed by atoms with E-state index >= 15 is 0 Å². The molecule has 0 spiro atoms. The van der Waals surface area contributed by atoms with Crippen molar-refractivity contribution in [3.8, 4) is 0 Å². The van der Waals surface area contributed by atoms with Crippen molar-refractivity contribution >= 4 is 29.7 Å². The van der Waals surface area contributed by atoms with Crippen LogP contribution in [-0.2, 0) is 16.1 Å². The van der Waals surface area contributed by atoms with Crippen molar-refractivity contribution in [2.45, 2.75) is 13.5 Å². The third kappa shape index (κ3) is 7.33. The first-order valence-corrected chi connectivity index (χ1v) is 6.05. The molecule has 0 aliphatic carbocycles. The quantitative estimate of drug-likeness (QED) is 0.740. The zero-order chi connectivity index (χ0) is 11.8. The molecular weight excluding hydrogens is 260 g/mol. The Morgan fingerprint density at radius 2 is 2.24 bits per heavy atom. The Labute approximate surface area is 112 Å². The van der Waals surface area contributed by atoms with Crippen LogP contribution in [0.2, 0.25) is 0 Å². The van der Waals surface area contributed by atoms with E-state index in [-0.39, 0.29) is 18.3 Å². The van der Waals surface area contributed by atoms with Crippen LogP contribution in [0, 0.1) is 6.92 Å². The highest BCUT2D eigenvalue weighted by Gasteiger charge is 2.01. The van der Waals surface area contributed by atoms with Gasteiger partial charge >= 0.3 is 0 Å². The van der Waals surface area contributed by atoms with Gasteiger partial charge in [-0.25, -0.2) is 0 Å². The molecule has 0 fully saturated rings. The zero-order valence-electron chi connectivity index (χ0n) is 10.1. The first kappa shape index (κ1) is 16.4. The van der Waals surface area contributed by atoms with Crippen molar-refractivity contribution < 1.29 is 9.53 Å². The minimum Gasteiger partial charge on any atom is -0.383 e. The SMILES string of the molecule is COCCNCC(=O)NCc1ccc(C)s1.Cl. The summed E-state index contributed by atoms with van der Waals surface area (Å²) in [5.74, 6) is 0.0159. The first-order valence-electron chi connectivity index (χ1n) is 5.24. The van der Waals surface area contributed by atoms with E-state index in [0.29, 0.717) is 26.2 Å². The zero-order valence-corrected chi connectivity index (χ0v) is 11.7. The van der Waals surface area contributed by atoms with Crippen LogP contribution in [0.1, 0.15) is 9.75 Å². The molecule has 17 heavy (non-hydrogen) atoms. The van der Waals surface area contributed by atoms with Gasteiger partial charge < -0.3 is 15.4 Å². The molecule has 0 radical (unpaired) electrons. The summed E-state index contributed by atoms with van der Waals surface area (Å²) in [6, 6.07) is 4.10. The number of halogens is 1. The van der Waals surface area contributed by atoms with Crippen LogP contribution < -0.4 is 10.6 Å². The molecule has 1 aromatic heterocycles. The van der Waals surface area contributed by atoms with E-state index in [4.69, 9.17) is 4.74 Å². The van der Waals surface area contributed by atoms with Crippen molar-refractivity contribution in [1.82, 2.24) is 10.6 Å². The van der Waals surface area contributed by atoms with Crippen LogP contribution in [0.4, 0.5) is 0 Å². The van der Waals surface area contributed by atoms with Gasteiger partial charge in [0.2, 0.25) is 5.91 Å². The number of nitrogens with one attached hydrogen (secondary N) is 2. The van der Waals surface area contributed by atoms with Gasteiger partial charge in [0, 0.05) is 23.4 Å². The number of amides is 1. The van der Waals surface area contributed by atoms with E-state index in [1.807, 2.05) is 6.07 Å². The van der Waals surface area contributed by atoms with Gasteiger partial charge in [0.05, 0.1) is 19.7 Å². The van der Waals surface area contributed by atoms with Gasteiger partial charge in [-0.1, -0.05) is 0 Å². The van der Waals surface area contributed by atoms with E-state index in [0.717, 1.165) is 0 Å². The van der Waals surface area contributed by atoms with Gasteiger partial charge in [-0.3, -0.25) is 4.79 Å². The minimum absolute atomic E-state index is 0. The summed E-state index contributed by atoms with van der Waals surface area (Å²) in [5.41, 5.74) is 0. The third-order valence-electron chi connectivity index (χ3n) is 2.02. The normalized spacial score (nSPS) is 9.76. The van der Waals surface area contributed by atoms with E-state index < -0.39 is 0 Å².